The second kappa shape index (κ2) is 7.50. The molecule has 0 unspecified atom stereocenters. The Morgan fingerprint density at radius 2 is 1.94 bits per heavy atom. The average molecular weight is 436 g/mol. The number of fused-ring (bicyclic) bond motifs is 3. The number of nitrogens with zero attached hydrogens (tertiary/aromatic N) is 5. The van der Waals surface area contributed by atoms with Gasteiger partial charge >= 0.3 is 0 Å². The van der Waals surface area contributed by atoms with Crippen LogP contribution >= 0.6 is 0 Å². The van der Waals surface area contributed by atoms with Crippen molar-refractivity contribution in [3.63, 3.8) is 0 Å². The first-order chi connectivity index (χ1) is 15.5. The average Bonchev–Trinajstić information content (AvgIpc) is 3.52. The van der Waals surface area contributed by atoms with Crippen LogP contribution in [0.3, 0.4) is 0 Å². The molecule has 8 nitrogen and oxygen atoms in total. The minimum Gasteiger partial charge on any atom is -0.393 e. The zero-order chi connectivity index (χ0) is 21.9. The lowest BCUT2D eigenvalue weighted by molar-refractivity contribution is -0.0375. The topological polar surface area (TPSA) is 85.5 Å². The molecule has 32 heavy (non-hydrogen) atoms. The number of aliphatic hydroxyl groups is 1. The molecule has 5 heterocycles. The van der Waals surface area contributed by atoms with E-state index in [1.165, 1.54) is 11.1 Å². The van der Waals surface area contributed by atoms with Crippen LogP contribution in [-0.2, 0) is 9.47 Å². The van der Waals surface area contributed by atoms with Gasteiger partial charge in [-0.05, 0) is 55.9 Å². The third-order valence-electron chi connectivity index (χ3n) is 7.32. The van der Waals surface area contributed by atoms with Crippen LogP contribution < -0.4 is 4.90 Å². The van der Waals surface area contributed by atoms with Crippen LogP contribution in [0.2, 0.25) is 0 Å². The largest absolute Gasteiger partial charge is 0.393 e. The Morgan fingerprint density at radius 1 is 1.12 bits per heavy atom. The van der Waals surface area contributed by atoms with E-state index in [9.17, 15) is 5.11 Å². The van der Waals surface area contributed by atoms with Gasteiger partial charge in [-0.1, -0.05) is 0 Å². The third kappa shape index (κ3) is 3.20. The lowest BCUT2D eigenvalue weighted by Crippen LogP contribution is -2.45. The van der Waals surface area contributed by atoms with Crippen LogP contribution in [0.1, 0.15) is 42.1 Å². The van der Waals surface area contributed by atoms with Gasteiger partial charge in [0.2, 0.25) is 0 Å². The first kappa shape index (κ1) is 20.1. The first-order valence-corrected chi connectivity index (χ1v) is 11.5. The number of hydrogen-bond donors (Lipinski definition) is 1. The number of aliphatic hydroxyl groups excluding tert-OH is 1. The highest BCUT2D eigenvalue weighted by Gasteiger charge is 2.51. The van der Waals surface area contributed by atoms with E-state index in [0.717, 1.165) is 55.0 Å². The molecule has 0 amide bonds. The summed E-state index contributed by atoms with van der Waals surface area (Å²) in [7, 11) is 0. The van der Waals surface area contributed by atoms with Crippen molar-refractivity contribution in [2.45, 2.75) is 50.7 Å². The molecule has 3 fully saturated rings. The molecule has 0 radical (unpaired) electrons. The van der Waals surface area contributed by atoms with Crippen LogP contribution in [-0.4, -0.2) is 69.5 Å². The smallest absolute Gasteiger partial charge is 0.159 e. The molecule has 0 saturated carbocycles. The van der Waals surface area contributed by atoms with Gasteiger partial charge in [0.1, 0.15) is 17.2 Å². The summed E-state index contributed by atoms with van der Waals surface area (Å²) in [6.45, 7) is 7.07. The number of ether oxygens (including phenoxy) is 2. The standard InChI is InChI=1S/C24H29N5O3/c1-15-7-18-11-25-29(21(18)8-20(15)17-3-5-31-6-4-17)23-9-22(26-16(2)27-23)28-13-24(14-30)10-19(28)12-32-24/h7-9,11,17,19,30H,3-6,10,12-14H2,1-2H3/t19-,24-/m1/s1. The summed E-state index contributed by atoms with van der Waals surface area (Å²) in [6, 6.07) is 6.78. The van der Waals surface area contributed by atoms with Crippen molar-refractivity contribution in [2.24, 2.45) is 0 Å². The second-order valence-corrected chi connectivity index (χ2v) is 9.48. The third-order valence-corrected chi connectivity index (χ3v) is 7.32. The van der Waals surface area contributed by atoms with Crippen molar-refractivity contribution in [3.05, 3.63) is 41.3 Å². The van der Waals surface area contributed by atoms with Gasteiger partial charge in [-0.2, -0.15) is 5.10 Å². The van der Waals surface area contributed by atoms with E-state index >= 15 is 0 Å². The Labute approximate surface area is 187 Å². The lowest BCUT2D eigenvalue weighted by Gasteiger charge is -2.32. The molecule has 0 spiro atoms. The summed E-state index contributed by atoms with van der Waals surface area (Å²) in [5.41, 5.74) is 3.30. The van der Waals surface area contributed by atoms with E-state index in [1.54, 1.807) is 0 Å². The van der Waals surface area contributed by atoms with Gasteiger partial charge in [0.15, 0.2) is 5.82 Å². The molecule has 3 aromatic rings. The van der Waals surface area contributed by atoms with Gasteiger partial charge in [0, 0.05) is 31.1 Å². The monoisotopic (exact) mass is 435 g/mol. The number of rotatable bonds is 4. The molecular formula is C24H29N5O3. The van der Waals surface area contributed by atoms with Crippen molar-refractivity contribution in [3.8, 4) is 5.82 Å². The number of morpholine rings is 1. The van der Waals surface area contributed by atoms with E-state index in [2.05, 4.69) is 24.0 Å². The highest BCUT2D eigenvalue weighted by atomic mass is 16.5. The quantitative estimate of drug-likeness (QED) is 0.674. The fourth-order valence-electron chi connectivity index (χ4n) is 5.63. The van der Waals surface area contributed by atoms with Crippen molar-refractivity contribution in [1.29, 1.82) is 0 Å². The zero-order valence-corrected chi connectivity index (χ0v) is 18.6. The molecule has 3 saturated heterocycles. The minimum absolute atomic E-state index is 0.0368. The van der Waals surface area contributed by atoms with Crippen LogP contribution in [0.15, 0.2) is 24.4 Å². The first-order valence-electron chi connectivity index (χ1n) is 11.5. The van der Waals surface area contributed by atoms with Crippen LogP contribution in [0.25, 0.3) is 16.7 Å². The summed E-state index contributed by atoms with van der Waals surface area (Å²) in [5.74, 6) is 2.87. The van der Waals surface area contributed by atoms with Crippen LogP contribution in [0.4, 0.5) is 5.82 Å². The van der Waals surface area contributed by atoms with Crippen molar-refractivity contribution in [1.82, 2.24) is 19.7 Å². The normalized spacial score (nSPS) is 25.8. The Hall–Kier alpha value is -2.55. The van der Waals surface area contributed by atoms with Gasteiger partial charge in [0.25, 0.3) is 0 Å². The Bertz CT molecular complexity index is 1170. The predicted octanol–water partition coefficient (Wildman–Crippen LogP) is 2.67. The minimum atomic E-state index is -0.460. The SMILES string of the molecule is Cc1nc(N2C[C@@]3(CO)C[C@@H]2CO3)cc(-n2ncc3cc(C)c(C4CCOCC4)cc32)n1. The number of anilines is 1. The molecule has 3 aliphatic heterocycles. The molecule has 2 atom stereocenters. The number of hydrogen-bond acceptors (Lipinski definition) is 7. The second-order valence-electron chi connectivity index (χ2n) is 9.48. The molecular weight excluding hydrogens is 406 g/mol. The lowest BCUT2D eigenvalue weighted by atomic mass is 9.88. The highest BCUT2D eigenvalue weighted by molar-refractivity contribution is 5.82. The number of aryl methyl sites for hydroxylation is 2. The summed E-state index contributed by atoms with van der Waals surface area (Å²) in [6.07, 6.45) is 4.87. The maximum atomic E-state index is 9.84. The zero-order valence-electron chi connectivity index (χ0n) is 18.6. The Morgan fingerprint density at radius 3 is 2.72 bits per heavy atom. The summed E-state index contributed by atoms with van der Waals surface area (Å²) in [5, 5.41) is 15.6. The number of aromatic nitrogens is 4. The van der Waals surface area contributed by atoms with E-state index in [-0.39, 0.29) is 12.6 Å². The fraction of sp³-hybridized carbons (Fsp3) is 0.542. The predicted molar refractivity (Wildman–Crippen MR) is 120 cm³/mol. The van der Waals surface area contributed by atoms with Crippen LogP contribution in [0.5, 0.6) is 0 Å². The molecule has 2 aromatic heterocycles. The Balaban J connectivity index is 1.40. The maximum Gasteiger partial charge on any atom is 0.159 e. The summed E-state index contributed by atoms with van der Waals surface area (Å²) in [4.78, 5) is 11.7. The molecule has 6 rings (SSSR count). The molecule has 1 N–H and O–H groups in total. The van der Waals surface area contributed by atoms with E-state index < -0.39 is 5.60 Å². The van der Waals surface area contributed by atoms with E-state index in [4.69, 9.17) is 24.5 Å². The molecule has 168 valence electrons. The molecule has 0 aliphatic carbocycles. The fourth-order valence-corrected chi connectivity index (χ4v) is 5.63. The molecule has 1 aromatic carbocycles. The van der Waals surface area contributed by atoms with Gasteiger partial charge in [-0.3, -0.25) is 0 Å². The van der Waals surface area contributed by atoms with Crippen LogP contribution in [0, 0.1) is 13.8 Å². The summed E-state index contributed by atoms with van der Waals surface area (Å²) < 4.78 is 13.4. The van der Waals surface area contributed by atoms with Crippen molar-refractivity contribution in [2.75, 3.05) is 37.9 Å². The van der Waals surface area contributed by atoms with Gasteiger partial charge in [0.05, 0.1) is 37.5 Å². The van der Waals surface area contributed by atoms with E-state index in [1.807, 2.05) is 23.9 Å². The maximum absolute atomic E-state index is 9.84. The van der Waals surface area contributed by atoms with Crippen molar-refractivity contribution >= 4 is 16.7 Å². The summed E-state index contributed by atoms with van der Waals surface area (Å²) >= 11 is 0. The molecule has 2 bridgehead atoms. The molecule has 3 aliphatic rings. The van der Waals surface area contributed by atoms with Gasteiger partial charge in [-0.15, -0.1) is 0 Å². The number of benzene rings is 1. The highest BCUT2D eigenvalue weighted by Crippen LogP contribution is 2.40. The van der Waals surface area contributed by atoms with E-state index in [0.29, 0.717) is 24.9 Å². The van der Waals surface area contributed by atoms with Gasteiger partial charge in [-0.25, -0.2) is 14.6 Å². The van der Waals surface area contributed by atoms with Crippen molar-refractivity contribution < 1.29 is 14.6 Å². The molecule has 8 heteroatoms. The van der Waals surface area contributed by atoms with Gasteiger partial charge < -0.3 is 19.5 Å². The Kier molecular flexibility index (Phi) is 4.71.